The molecular formula is C8F7O2-. The number of aromatic carboxylic acids is 1. The second kappa shape index (κ2) is 3.90. The van der Waals surface area contributed by atoms with Crippen LogP contribution in [0.15, 0.2) is 0 Å². The van der Waals surface area contributed by atoms with Crippen LogP contribution in [-0.4, -0.2) is 5.97 Å². The van der Waals surface area contributed by atoms with Gasteiger partial charge >= 0.3 is 6.18 Å². The van der Waals surface area contributed by atoms with Gasteiger partial charge in [0.1, 0.15) is 5.56 Å². The zero-order chi connectivity index (χ0) is 13.5. The Balaban J connectivity index is 3.86. The van der Waals surface area contributed by atoms with Crippen molar-refractivity contribution >= 4 is 5.97 Å². The van der Waals surface area contributed by atoms with Crippen molar-refractivity contribution in [2.24, 2.45) is 0 Å². The molecule has 1 rings (SSSR count). The monoisotopic (exact) mass is 261 g/mol. The van der Waals surface area contributed by atoms with E-state index in [9.17, 15) is 40.6 Å². The lowest BCUT2D eigenvalue weighted by Gasteiger charge is -2.16. The highest BCUT2D eigenvalue weighted by atomic mass is 19.4. The Morgan fingerprint density at radius 3 is 1.65 bits per heavy atom. The van der Waals surface area contributed by atoms with E-state index in [4.69, 9.17) is 0 Å². The van der Waals surface area contributed by atoms with Gasteiger partial charge in [-0.1, -0.05) is 0 Å². The Morgan fingerprint density at radius 1 is 0.882 bits per heavy atom. The molecule has 9 heteroatoms. The number of benzene rings is 1. The van der Waals surface area contributed by atoms with E-state index in [0.29, 0.717) is 0 Å². The van der Waals surface area contributed by atoms with Gasteiger partial charge in [-0.2, -0.15) is 13.2 Å². The molecule has 2 nitrogen and oxygen atoms in total. The van der Waals surface area contributed by atoms with Gasteiger partial charge in [0.05, 0.1) is 11.5 Å². The van der Waals surface area contributed by atoms with Gasteiger partial charge in [0, 0.05) is 0 Å². The van der Waals surface area contributed by atoms with Crippen molar-refractivity contribution in [3.8, 4) is 0 Å². The summed E-state index contributed by atoms with van der Waals surface area (Å²) in [6, 6.07) is 0. The van der Waals surface area contributed by atoms with Crippen molar-refractivity contribution in [2.45, 2.75) is 6.18 Å². The van der Waals surface area contributed by atoms with Crippen LogP contribution in [0.4, 0.5) is 30.7 Å². The van der Waals surface area contributed by atoms with Crippen molar-refractivity contribution in [1.29, 1.82) is 0 Å². The molecule has 0 spiro atoms. The Bertz CT molecular complexity index is 492. The molecule has 0 aromatic heterocycles. The first-order valence-electron chi connectivity index (χ1n) is 3.73. The topological polar surface area (TPSA) is 40.1 Å². The lowest BCUT2D eigenvalue weighted by atomic mass is 10.0. The molecule has 0 amide bonds. The van der Waals surface area contributed by atoms with E-state index in [2.05, 4.69) is 0 Å². The van der Waals surface area contributed by atoms with Crippen LogP contribution in [0.5, 0.6) is 0 Å². The average Bonchev–Trinajstić information content (AvgIpc) is 2.17. The van der Waals surface area contributed by atoms with Crippen molar-refractivity contribution in [2.75, 3.05) is 0 Å². The van der Waals surface area contributed by atoms with Crippen molar-refractivity contribution in [1.82, 2.24) is 0 Å². The number of halogens is 7. The second-order valence-electron chi connectivity index (χ2n) is 2.79. The van der Waals surface area contributed by atoms with E-state index in [-0.39, 0.29) is 0 Å². The molecule has 1 aromatic carbocycles. The number of hydrogen-bond donors (Lipinski definition) is 0. The third-order valence-electron chi connectivity index (χ3n) is 1.75. The molecule has 0 N–H and O–H groups in total. The van der Waals surface area contributed by atoms with Crippen LogP contribution < -0.4 is 5.11 Å². The Labute approximate surface area is 88.3 Å². The molecule has 94 valence electrons. The smallest absolute Gasteiger partial charge is 0.420 e. The lowest BCUT2D eigenvalue weighted by Crippen LogP contribution is -2.30. The molecule has 0 aliphatic carbocycles. The first-order valence-corrected chi connectivity index (χ1v) is 3.73. The van der Waals surface area contributed by atoms with E-state index < -0.39 is 46.5 Å². The molecule has 0 heterocycles. The zero-order valence-electron chi connectivity index (χ0n) is 7.46. The summed E-state index contributed by atoms with van der Waals surface area (Å²) in [6.07, 6.45) is -5.71. The second-order valence-corrected chi connectivity index (χ2v) is 2.79. The highest BCUT2D eigenvalue weighted by Gasteiger charge is 2.42. The molecule has 17 heavy (non-hydrogen) atoms. The zero-order valence-corrected chi connectivity index (χ0v) is 7.46. The number of carbonyl (C=O) groups excluding carboxylic acids is 1. The fraction of sp³-hybridized carbons (Fsp3) is 0.125. The third-order valence-corrected chi connectivity index (χ3v) is 1.75. The molecule has 0 saturated carbocycles. The highest BCUT2D eigenvalue weighted by Crippen LogP contribution is 2.37. The molecule has 0 unspecified atom stereocenters. The fourth-order valence-corrected chi connectivity index (χ4v) is 1.09. The van der Waals surface area contributed by atoms with Gasteiger partial charge in [0.2, 0.25) is 0 Å². The Morgan fingerprint density at radius 2 is 1.29 bits per heavy atom. The molecule has 0 saturated heterocycles. The van der Waals surface area contributed by atoms with Gasteiger partial charge < -0.3 is 9.90 Å². The molecule has 0 atom stereocenters. The van der Waals surface area contributed by atoms with Crippen LogP contribution >= 0.6 is 0 Å². The van der Waals surface area contributed by atoms with Gasteiger partial charge in [0.25, 0.3) is 0 Å². The number of carboxylic acids is 1. The molecule has 0 aliphatic rings. The number of carbonyl (C=O) groups is 1. The summed E-state index contributed by atoms with van der Waals surface area (Å²) < 4.78 is 87.1. The minimum atomic E-state index is -5.71. The molecule has 0 aliphatic heterocycles. The maximum atomic E-state index is 12.8. The standard InChI is InChI=1S/C8HF7O2/c9-3-1(7(16)17)2(8(13,14)15)4(10)6(12)5(3)11/h(H,16,17)/p-1. The maximum Gasteiger partial charge on any atom is 0.420 e. The van der Waals surface area contributed by atoms with Crippen molar-refractivity contribution in [3.63, 3.8) is 0 Å². The minimum Gasteiger partial charge on any atom is -0.545 e. The lowest BCUT2D eigenvalue weighted by molar-refractivity contribution is -0.256. The Hall–Kier alpha value is -1.80. The van der Waals surface area contributed by atoms with E-state index in [0.717, 1.165) is 0 Å². The van der Waals surface area contributed by atoms with E-state index in [1.807, 2.05) is 0 Å². The van der Waals surface area contributed by atoms with Crippen molar-refractivity contribution in [3.05, 3.63) is 34.4 Å². The summed E-state index contributed by atoms with van der Waals surface area (Å²) in [5.74, 6) is -13.7. The summed E-state index contributed by atoms with van der Waals surface area (Å²) in [6.45, 7) is 0. The maximum absolute atomic E-state index is 12.8. The number of hydrogen-bond acceptors (Lipinski definition) is 2. The van der Waals surface area contributed by atoms with Gasteiger partial charge in [0.15, 0.2) is 23.3 Å². The predicted molar refractivity (Wildman–Crippen MR) is 35.6 cm³/mol. The number of carboxylic acid groups (broad SMARTS) is 1. The average molecular weight is 261 g/mol. The number of alkyl halides is 3. The van der Waals surface area contributed by atoms with E-state index >= 15 is 0 Å². The minimum absolute atomic E-state index is 2.41. The quantitative estimate of drug-likeness (QED) is 0.438. The van der Waals surface area contributed by atoms with E-state index in [1.54, 1.807) is 0 Å². The van der Waals surface area contributed by atoms with Crippen LogP contribution in [0.1, 0.15) is 15.9 Å². The van der Waals surface area contributed by atoms with Crippen LogP contribution in [0.2, 0.25) is 0 Å². The van der Waals surface area contributed by atoms with Crippen LogP contribution in [0.25, 0.3) is 0 Å². The first-order chi connectivity index (χ1) is 7.59. The molecular weight excluding hydrogens is 261 g/mol. The largest absolute Gasteiger partial charge is 0.545 e. The molecule has 1 aromatic rings. The Kier molecular flexibility index (Phi) is 3.04. The van der Waals surface area contributed by atoms with Crippen molar-refractivity contribution < 1.29 is 40.6 Å². The third kappa shape index (κ3) is 2.04. The van der Waals surface area contributed by atoms with Crippen LogP contribution in [-0.2, 0) is 6.18 Å². The normalized spacial score (nSPS) is 11.7. The first kappa shape index (κ1) is 13.3. The fourth-order valence-electron chi connectivity index (χ4n) is 1.09. The van der Waals surface area contributed by atoms with Crippen LogP contribution in [0, 0.1) is 23.3 Å². The van der Waals surface area contributed by atoms with Gasteiger partial charge in [-0.25, -0.2) is 17.6 Å². The number of rotatable bonds is 1. The molecule has 0 fully saturated rings. The summed E-state index contributed by atoms with van der Waals surface area (Å²) in [7, 11) is 0. The highest BCUT2D eigenvalue weighted by molar-refractivity contribution is 5.88. The van der Waals surface area contributed by atoms with Gasteiger partial charge in [-0.3, -0.25) is 0 Å². The SMILES string of the molecule is O=C([O-])c1c(F)c(F)c(F)c(F)c1C(F)(F)F. The predicted octanol–water partition coefficient (Wildman–Crippen LogP) is 1.63. The summed E-state index contributed by atoms with van der Waals surface area (Å²) in [5, 5.41) is 10.2. The summed E-state index contributed by atoms with van der Waals surface area (Å²) in [4.78, 5) is 10.2. The van der Waals surface area contributed by atoms with Gasteiger partial charge in [-0.05, 0) is 0 Å². The van der Waals surface area contributed by atoms with Gasteiger partial charge in [-0.15, -0.1) is 0 Å². The van der Waals surface area contributed by atoms with Crippen LogP contribution in [0.3, 0.4) is 0 Å². The summed E-state index contributed by atoms with van der Waals surface area (Å²) >= 11 is 0. The summed E-state index contributed by atoms with van der Waals surface area (Å²) in [5.41, 5.74) is -5.16. The molecule has 0 radical (unpaired) electrons. The van der Waals surface area contributed by atoms with E-state index in [1.165, 1.54) is 0 Å². The molecule has 0 bridgehead atoms.